The van der Waals surface area contributed by atoms with E-state index in [-0.39, 0.29) is 16.9 Å². The molecule has 70 heavy (non-hydrogen) atoms. The lowest BCUT2D eigenvalue weighted by Crippen LogP contribution is -2.62. The standard InChI is InChI=1S/C47H48FNO21/c48-23-13-10-20(11-14-23)28(68-47-38(59)33(54)36(57)42(70-47)45(63)64)18-65-40-29(49(43(40)60)24-4-2-1-3-5-24)25-15-12-22(16-26(25)67-46-37(58)32(53)35(56)41(69-46)44(61)62)19-6-8-21(9-7-19)39-34(55)31(52)30(51)27(17-50)66-39/h1-16,27-32,34-35,37-42,46-47,50-59H,17-18H2,(H,61,62)(H,63,64)/t27-,28+,29-,30-,31+,32?,34-,35+,37?,38?,39?,40-,41?,42?,46-,47-/m1/s1. The smallest absolute Gasteiger partial charge is 0.341 e. The van der Waals surface area contributed by atoms with Gasteiger partial charge < -0.3 is 89.7 Å². The van der Waals surface area contributed by atoms with E-state index >= 15 is 0 Å². The highest BCUT2D eigenvalue weighted by Crippen LogP contribution is 2.47. The molecule has 6 unspecified atom stereocenters. The minimum atomic E-state index is -2.16. The van der Waals surface area contributed by atoms with Gasteiger partial charge in [-0.3, -0.25) is 9.69 Å². The molecule has 3 saturated heterocycles. The number of nitrogens with zero attached hydrogens (tertiary/aromatic N) is 1. The SMILES string of the molecule is O=C(O)C1O[C@@H](O[C@@H](CO[C@H]2C(=O)N(c3ccccc3)[C@@H]2c2ccc(-c3ccc(C4O[C@H](CO)[C@@H](O)[C@H](O)[C@H]4O)cc3)cc2O[C@@H]2OC(C(=O)O)[C@@H](O)C(O)C2O)c2ccc(F)cc2)C(O)C(O)=C1O. The number of carboxylic acids is 2. The van der Waals surface area contributed by atoms with E-state index < -0.39 is 146 Å². The van der Waals surface area contributed by atoms with Gasteiger partial charge in [-0.05, 0) is 52.6 Å². The van der Waals surface area contributed by atoms with Crippen molar-refractivity contribution < 1.29 is 108 Å². The minimum Gasteiger partial charge on any atom is -0.506 e. The largest absolute Gasteiger partial charge is 0.506 e. The number of para-hydroxylation sites is 1. The lowest BCUT2D eigenvalue weighted by atomic mass is 9.87. The number of β-lactam (4-membered cyclic amide) rings is 1. The second kappa shape index (κ2) is 20.7. The van der Waals surface area contributed by atoms with Crippen molar-refractivity contribution in [2.24, 2.45) is 0 Å². The van der Waals surface area contributed by atoms with Crippen molar-refractivity contribution in [3.63, 3.8) is 0 Å². The van der Waals surface area contributed by atoms with Crippen LogP contribution in [0, 0.1) is 5.82 Å². The molecular weight excluding hydrogens is 934 g/mol. The number of carbonyl (C=O) groups excluding carboxylic acids is 1. The van der Waals surface area contributed by atoms with Gasteiger partial charge in [0, 0.05) is 11.3 Å². The molecule has 0 aromatic heterocycles. The number of halogens is 1. The highest BCUT2D eigenvalue weighted by atomic mass is 19.1. The fourth-order valence-corrected chi connectivity index (χ4v) is 8.59. The first-order valence-corrected chi connectivity index (χ1v) is 21.6. The average molecular weight is 982 g/mol. The highest BCUT2D eigenvalue weighted by Gasteiger charge is 2.53. The number of carbonyl (C=O) groups is 3. The number of hydrogen-bond acceptors (Lipinski definition) is 19. The molecule has 4 aliphatic heterocycles. The Morgan fingerprint density at radius 3 is 2.00 bits per heavy atom. The molecule has 3 fully saturated rings. The van der Waals surface area contributed by atoms with Crippen LogP contribution in [-0.2, 0) is 38.1 Å². The molecule has 16 atom stereocenters. The zero-order valence-electron chi connectivity index (χ0n) is 36.3. The zero-order chi connectivity index (χ0) is 50.3. The Morgan fingerprint density at radius 2 is 1.36 bits per heavy atom. The number of aliphatic hydroxyl groups excluding tert-OH is 10. The number of carboxylic acid groups (broad SMARTS) is 2. The average Bonchev–Trinajstić information content (AvgIpc) is 3.35. The van der Waals surface area contributed by atoms with Crippen LogP contribution in [0.2, 0.25) is 0 Å². The van der Waals surface area contributed by atoms with Gasteiger partial charge >= 0.3 is 11.9 Å². The molecule has 4 aromatic rings. The van der Waals surface area contributed by atoms with Crippen LogP contribution < -0.4 is 9.64 Å². The summed E-state index contributed by atoms with van der Waals surface area (Å²) >= 11 is 0. The Kier molecular flexibility index (Phi) is 14.8. The van der Waals surface area contributed by atoms with Gasteiger partial charge in [0.1, 0.15) is 72.5 Å². The van der Waals surface area contributed by atoms with Crippen molar-refractivity contribution in [1.82, 2.24) is 0 Å². The quantitative estimate of drug-likeness (QED) is 0.0698. The highest BCUT2D eigenvalue weighted by molar-refractivity contribution is 6.05. The van der Waals surface area contributed by atoms with Crippen molar-refractivity contribution in [3.8, 4) is 16.9 Å². The van der Waals surface area contributed by atoms with Crippen LogP contribution in [0.5, 0.6) is 5.75 Å². The predicted molar refractivity (Wildman–Crippen MR) is 231 cm³/mol. The summed E-state index contributed by atoms with van der Waals surface area (Å²) in [6.07, 6.45) is -26.5. The molecule has 4 heterocycles. The number of anilines is 1. The maximum atomic E-state index is 14.3. The number of ether oxygens (including phenoxy) is 6. The maximum absolute atomic E-state index is 14.3. The van der Waals surface area contributed by atoms with E-state index in [1.807, 2.05) is 0 Å². The first-order valence-electron chi connectivity index (χ1n) is 21.6. The lowest BCUT2D eigenvalue weighted by Gasteiger charge is -2.48. The van der Waals surface area contributed by atoms with Crippen LogP contribution in [0.1, 0.15) is 34.9 Å². The van der Waals surface area contributed by atoms with E-state index in [9.17, 15) is 80.1 Å². The molecule has 12 N–H and O–H groups in total. The van der Waals surface area contributed by atoms with Crippen LogP contribution in [0.15, 0.2) is 109 Å². The third-order valence-electron chi connectivity index (χ3n) is 12.4. The van der Waals surface area contributed by atoms with Crippen LogP contribution in [-0.4, -0.2) is 172 Å². The molecule has 0 aliphatic carbocycles. The van der Waals surface area contributed by atoms with Gasteiger partial charge in [-0.1, -0.05) is 66.7 Å². The molecule has 22 nitrogen and oxygen atoms in total. The first-order chi connectivity index (χ1) is 33.4. The summed E-state index contributed by atoms with van der Waals surface area (Å²) in [6, 6.07) is 22.5. The third-order valence-corrected chi connectivity index (χ3v) is 12.4. The van der Waals surface area contributed by atoms with E-state index in [0.717, 1.165) is 12.1 Å². The number of amides is 1. The zero-order valence-corrected chi connectivity index (χ0v) is 36.3. The fourth-order valence-electron chi connectivity index (χ4n) is 8.59. The topological polar surface area (TPSA) is 353 Å². The van der Waals surface area contributed by atoms with Crippen LogP contribution in [0.3, 0.4) is 0 Å². The van der Waals surface area contributed by atoms with Crippen LogP contribution in [0.4, 0.5) is 10.1 Å². The van der Waals surface area contributed by atoms with E-state index in [1.54, 1.807) is 60.7 Å². The van der Waals surface area contributed by atoms with Gasteiger partial charge in [-0.25, -0.2) is 14.0 Å². The summed E-state index contributed by atoms with van der Waals surface area (Å²) in [7, 11) is 0. The molecule has 1 amide bonds. The molecule has 4 aliphatic rings. The van der Waals surface area contributed by atoms with Crippen molar-refractivity contribution in [1.29, 1.82) is 0 Å². The summed E-state index contributed by atoms with van der Waals surface area (Å²) in [4.78, 5) is 39.6. The molecule has 0 saturated carbocycles. The molecule has 374 valence electrons. The molecule has 0 spiro atoms. The first kappa shape index (κ1) is 50.2. The summed E-state index contributed by atoms with van der Waals surface area (Å²) in [5.74, 6) is -7.25. The Balaban J connectivity index is 1.16. The van der Waals surface area contributed by atoms with Gasteiger partial charge in [0.15, 0.2) is 36.1 Å². The second-order valence-electron chi connectivity index (χ2n) is 16.8. The number of hydrogen-bond donors (Lipinski definition) is 12. The van der Waals surface area contributed by atoms with E-state index in [0.29, 0.717) is 22.4 Å². The van der Waals surface area contributed by atoms with Crippen molar-refractivity contribution in [3.05, 3.63) is 131 Å². The lowest BCUT2D eigenvalue weighted by molar-refractivity contribution is -0.271. The van der Waals surface area contributed by atoms with Crippen molar-refractivity contribution in [2.45, 2.75) is 98.0 Å². The Hall–Kier alpha value is -6.16. The Labute approximate surface area is 395 Å². The van der Waals surface area contributed by atoms with Gasteiger partial charge in [0.05, 0.1) is 13.2 Å². The summed E-state index contributed by atoms with van der Waals surface area (Å²) in [6.45, 7) is -1.25. The van der Waals surface area contributed by atoms with Crippen LogP contribution in [0.25, 0.3) is 11.1 Å². The number of rotatable bonds is 15. The number of aliphatic hydroxyl groups is 10. The molecule has 23 heteroatoms. The normalized spacial score (nSPS) is 32.8. The molecule has 8 rings (SSSR count). The van der Waals surface area contributed by atoms with Gasteiger partial charge in [-0.2, -0.15) is 0 Å². The van der Waals surface area contributed by atoms with Crippen molar-refractivity contribution in [2.75, 3.05) is 18.1 Å². The number of benzene rings is 4. The Morgan fingerprint density at radius 1 is 0.700 bits per heavy atom. The van der Waals surface area contributed by atoms with Crippen LogP contribution >= 0.6 is 0 Å². The molecular formula is C47H48FNO21. The summed E-state index contributed by atoms with van der Waals surface area (Å²) in [5.41, 5.74) is 1.85. The molecule has 0 radical (unpaired) electrons. The van der Waals surface area contributed by atoms with Gasteiger partial charge in [0.2, 0.25) is 12.4 Å². The molecule has 0 bridgehead atoms. The third kappa shape index (κ3) is 9.67. The Bertz CT molecular complexity index is 2550. The molecule has 4 aromatic carbocycles. The van der Waals surface area contributed by atoms with E-state index in [4.69, 9.17) is 28.4 Å². The summed E-state index contributed by atoms with van der Waals surface area (Å²) < 4.78 is 49.0. The van der Waals surface area contributed by atoms with Gasteiger partial charge in [0.25, 0.3) is 5.91 Å². The predicted octanol–water partition coefficient (Wildman–Crippen LogP) is 0.00760. The van der Waals surface area contributed by atoms with E-state index in [1.165, 1.54) is 29.2 Å². The monoisotopic (exact) mass is 981 g/mol. The maximum Gasteiger partial charge on any atom is 0.341 e. The van der Waals surface area contributed by atoms with Gasteiger partial charge in [-0.15, -0.1) is 0 Å². The second-order valence-corrected chi connectivity index (χ2v) is 16.8. The van der Waals surface area contributed by atoms with Crippen molar-refractivity contribution >= 4 is 23.5 Å². The van der Waals surface area contributed by atoms with E-state index in [2.05, 4.69) is 0 Å². The number of aliphatic carboxylic acids is 2. The summed E-state index contributed by atoms with van der Waals surface area (Å²) in [5, 5.41) is 124. The minimum absolute atomic E-state index is 0.138. The fraction of sp³-hybridized carbons (Fsp3) is 0.383.